The molecule has 1 unspecified atom stereocenters. The Morgan fingerprint density at radius 1 is 1.48 bits per heavy atom. The van der Waals surface area contributed by atoms with E-state index >= 15 is 0 Å². The highest BCUT2D eigenvalue weighted by molar-refractivity contribution is 7.98. The number of anilines is 1. The summed E-state index contributed by atoms with van der Waals surface area (Å²) >= 11 is 1.35. The van der Waals surface area contributed by atoms with Crippen molar-refractivity contribution in [3.8, 4) is 5.75 Å². The maximum Gasteiger partial charge on any atom is 0.189 e. The summed E-state index contributed by atoms with van der Waals surface area (Å²) in [6, 6.07) is 5.88. The van der Waals surface area contributed by atoms with E-state index in [4.69, 9.17) is 4.74 Å². The second-order valence-corrected chi connectivity index (χ2v) is 5.95. The first kappa shape index (κ1) is 15.6. The number of ether oxygens (including phenoxy) is 1. The van der Waals surface area contributed by atoms with Gasteiger partial charge in [-0.15, -0.1) is 0 Å². The molecule has 7 heteroatoms. The molecule has 0 spiro atoms. The standard InChI is InChI=1S/C16H17N3O3S/c1-22-12-5-3-4-9-6-7-11(13(9)12)18-14-10(15(20)21)8-17-16(19-14)23-2/h3-5,8,11H,6-7H2,1-2H3,(H,20,21)(H,17,18,19)/p-1. The zero-order valence-electron chi connectivity index (χ0n) is 12.8. The summed E-state index contributed by atoms with van der Waals surface area (Å²) < 4.78 is 5.44. The van der Waals surface area contributed by atoms with E-state index in [1.54, 1.807) is 7.11 Å². The normalized spacial score (nSPS) is 16.0. The van der Waals surface area contributed by atoms with Crippen LogP contribution >= 0.6 is 11.8 Å². The average Bonchev–Trinajstić information content (AvgIpc) is 2.97. The molecular formula is C16H16N3O3S-. The molecule has 1 N–H and O–H groups in total. The van der Waals surface area contributed by atoms with Gasteiger partial charge >= 0.3 is 0 Å². The summed E-state index contributed by atoms with van der Waals surface area (Å²) in [7, 11) is 1.63. The number of carbonyl (C=O) groups excluding carboxylic acids is 1. The third kappa shape index (κ3) is 2.96. The van der Waals surface area contributed by atoms with Gasteiger partial charge in [-0.2, -0.15) is 0 Å². The lowest BCUT2D eigenvalue weighted by atomic mass is 10.1. The molecule has 1 aromatic carbocycles. The minimum Gasteiger partial charge on any atom is -0.545 e. The summed E-state index contributed by atoms with van der Waals surface area (Å²) in [5.41, 5.74) is 2.23. The monoisotopic (exact) mass is 330 g/mol. The minimum absolute atomic E-state index is 0.0360. The van der Waals surface area contributed by atoms with Crippen molar-refractivity contribution in [2.45, 2.75) is 24.0 Å². The van der Waals surface area contributed by atoms with E-state index in [0.29, 0.717) is 5.16 Å². The number of benzene rings is 1. The number of rotatable bonds is 5. The SMILES string of the molecule is COc1cccc2c1C(Nc1nc(SC)ncc1C(=O)[O-])CC2. The first-order valence-corrected chi connectivity index (χ1v) is 8.41. The molecule has 1 atom stereocenters. The first-order chi connectivity index (χ1) is 11.1. The third-order valence-corrected chi connectivity index (χ3v) is 4.47. The second kappa shape index (κ2) is 6.45. The molecule has 0 radical (unpaired) electrons. The van der Waals surface area contributed by atoms with Crippen LogP contribution in [0.5, 0.6) is 5.75 Å². The van der Waals surface area contributed by atoms with Crippen LogP contribution < -0.4 is 15.2 Å². The van der Waals surface area contributed by atoms with E-state index in [0.717, 1.165) is 24.2 Å². The maximum atomic E-state index is 11.3. The molecule has 1 aromatic heterocycles. The van der Waals surface area contributed by atoms with E-state index in [-0.39, 0.29) is 17.4 Å². The van der Waals surface area contributed by atoms with Crippen molar-refractivity contribution in [2.24, 2.45) is 0 Å². The molecular weight excluding hydrogens is 314 g/mol. The zero-order chi connectivity index (χ0) is 16.4. The Balaban J connectivity index is 1.97. The highest BCUT2D eigenvalue weighted by atomic mass is 32.2. The topological polar surface area (TPSA) is 87.2 Å². The number of carbonyl (C=O) groups is 1. The van der Waals surface area contributed by atoms with Gasteiger partial charge in [-0.1, -0.05) is 23.9 Å². The second-order valence-electron chi connectivity index (χ2n) is 5.18. The number of hydrogen-bond acceptors (Lipinski definition) is 7. The molecule has 0 bridgehead atoms. The first-order valence-electron chi connectivity index (χ1n) is 7.18. The van der Waals surface area contributed by atoms with Gasteiger partial charge in [0.2, 0.25) is 0 Å². The molecule has 2 aromatic rings. The summed E-state index contributed by atoms with van der Waals surface area (Å²) in [5, 5.41) is 15.0. The average molecular weight is 330 g/mol. The van der Waals surface area contributed by atoms with E-state index in [9.17, 15) is 9.90 Å². The van der Waals surface area contributed by atoms with Crippen molar-refractivity contribution in [2.75, 3.05) is 18.7 Å². The fourth-order valence-corrected chi connectivity index (χ4v) is 3.20. The van der Waals surface area contributed by atoms with Crippen LogP contribution in [-0.2, 0) is 6.42 Å². The summed E-state index contributed by atoms with van der Waals surface area (Å²) in [6.45, 7) is 0. The number of carboxylic acid groups (broad SMARTS) is 1. The van der Waals surface area contributed by atoms with Crippen molar-refractivity contribution in [3.63, 3.8) is 0 Å². The Bertz CT molecular complexity index is 751. The van der Waals surface area contributed by atoms with Gasteiger partial charge in [0.15, 0.2) is 5.16 Å². The number of carboxylic acids is 1. The van der Waals surface area contributed by atoms with Gasteiger partial charge in [0, 0.05) is 11.8 Å². The van der Waals surface area contributed by atoms with Crippen LogP contribution in [0.3, 0.4) is 0 Å². The van der Waals surface area contributed by atoms with E-state index in [1.807, 2.05) is 18.4 Å². The summed E-state index contributed by atoms with van der Waals surface area (Å²) in [4.78, 5) is 19.6. The van der Waals surface area contributed by atoms with Crippen molar-refractivity contribution in [3.05, 3.63) is 41.1 Å². The molecule has 0 fully saturated rings. The Labute approximate surface area is 138 Å². The molecule has 0 aliphatic heterocycles. The quantitative estimate of drug-likeness (QED) is 0.659. The molecule has 1 aliphatic rings. The van der Waals surface area contributed by atoms with Crippen LogP contribution in [-0.4, -0.2) is 29.3 Å². The van der Waals surface area contributed by atoms with Gasteiger partial charge < -0.3 is 20.0 Å². The summed E-state index contributed by atoms with van der Waals surface area (Å²) in [5.74, 6) is -0.210. The molecule has 0 saturated carbocycles. The molecule has 0 amide bonds. The van der Waals surface area contributed by atoms with Gasteiger partial charge in [-0.25, -0.2) is 9.97 Å². The fraction of sp³-hybridized carbons (Fsp3) is 0.312. The lowest BCUT2D eigenvalue weighted by Crippen LogP contribution is -2.25. The third-order valence-electron chi connectivity index (χ3n) is 3.91. The number of thioether (sulfide) groups is 1. The Hall–Kier alpha value is -2.28. The number of hydrogen-bond donors (Lipinski definition) is 1. The highest BCUT2D eigenvalue weighted by Crippen LogP contribution is 2.39. The van der Waals surface area contributed by atoms with Crippen LogP contribution in [0.4, 0.5) is 5.82 Å². The molecule has 1 aliphatic carbocycles. The fourth-order valence-electron chi connectivity index (χ4n) is 2.86. The van der Waals surface area contributed by atoms with Crippen LogP contribution in [0, 0.1) is 0 Å². The van der Waals surface area contributed by atoms with E-state index in [1.165, 1.54) is 23.5 Å². The van der Waals surface area contributed by atoms with E-state index in [2.05, 4.69) is 21.4 Å². The van der Waals surface area contributed by atoms with Crippen LogP contribution in [0.25, 0.3) is 0 Å². The number of fused-ring (bicyclic) bond motifs is 1. The molecule has 23 heavy (non-hydrogen) atoms. The molecule has 0 saturated heterocycles. The van der Waals surface area contributed by atoms with Crippen molar-refractivity contribution < 1.29 is 14.6 Å². The summed E-state index contributed by atoms with van der Waals surface area (Å²) in [6.07, 6.45) is 4.88. The van der Waals surface area contributed by atoms with Gasteiger partial charge in [0.05, 0.1) is 24.7 Å². The van der Waals surface area contributed by atoms with Crippen molar-refractivity contribution >= 4 is 23.5 Å². The van der Waals surface area contributed by atoms with Crippen LogP contribution in [0.15, 0.2) is 29.6 Å². The predicted molar refractivity (Wildman–Crippen MR) is 85.8 cm³/mol. The van der Waals surface area contributed by atoms with Crippen molar-refractivity contribution in [1.29, 1.82) is 0 Å². The number of aromatic nitrogens is 2. The van der Waals surface area contributed by atoms with Gasteiger partial charge in [0.25, 0.3) is 0 Å². The Kier molecular flexibility index (Phi) is 4.38. The van der Waals surface area contributed by atoms with Crippen LogP contribution in [0.2, 0.25) is 0 Å². The molecule has 3 rings (SSSR count). The van der Waals surface area contributed by atoms with Crippen molar-refractivity contribution in [1.82, 2.24) is 9.97 Å². The van der Waals surface area contributed by atoms with Gasteiger partial charge in [-0.05, 0) is 30.7 Å². The van der Waals surface area contributed by atoms with Gasteiger partial charge in [-0.3, -0.25) is 0 Å². The molecule has 1 heterocycles. The lowest BCUT2D eigenvalue weighted by molar-refractivity contribution is -0.255. The number of nitrogens with zero attached hydrogens (tertiary/aromatic N) is 2. The lowest BCUT2D eigenvalue weighted by Gasteiger charge is -2.19. The maximum absolute atomic E-state index is 11.3. The Morgan fingerprint density at radius 3 is 3.00 bits per heavy atom. The van der Waals surface area contributed by atoms with Crippen LogP contribution in [0.1, 0.15) is 33.9 Å². The number of aromatic carboxylic acids is 1. The molecule has 6 nitrogen and oxygen atoms in total. The number of nitrogens with one attached hydrogen (secondary N) is 1. The number of methoxy groups -OCH3 is 1. The van der Waals surface area contributed by atoms with E-state index < -0.39 is 5.97 Å². The molecule has 120 valence electrons. The van der Waals surface area contributed by atoms with Gasteiger partial charge in [0.1, 0.15) is 11.6 Å². The minimum atomic E-state index is -1.29. The Morgan fingerprint density at radius 2 is 2.30 bits per heavy atom. The zero-order valence-corrected chi connectivity index (χ0v) is 13.6. The largest absolute Gasteiger partial charge is 0.545 e. The highest BCUT2D eigenvalue weighted by Gasteiger charge is 2.27. The number of aryl methyl sites for hydroxylation is 1. The predicted octanol–water partition coefficient (Wildman–Crippen LogP) is 1.67. The smallest absolute Gasteiger partial charge is 0.189 e.